The van der Waals surface area contributed by atoms with E-state index in [0.29, 0.717) is 6.54 Å². The van der Waals surface area contributed by atoms with E-state index in [1.807, 2.05) is 30.9 Å². The Balaban J connectivity index is 2.01. The molecule has 0 saturated heterocycles. The Bertz CT molecular complexity index is 723. The first-order chi connectivity index (χ1) is 11.4. The highest BCUT2D eigenvalue weighted by Crippen LogP contribution is 2.36. The average molecular weight is 327 g/mol. The second-order valence-electron chi connectivity index (χ2n) is 6.74. The van der Waals surface area contributed by atoms with Gasteiger partial charge in [0.15, 0.2) is 0 Å². The summed E-state index contributed by atoms with van der Waals surface area (Å²) in [6.45, 7) is 7.45. The van der Waals surface area contributed by atoms with E-state index in [9.17, 15) is 9.59 Å². The number of hydrogen-bond donors (Lipinski definition) is 1. The van der Waals surface area contributed by atoms with Gasteiger partial charge in [-0.1, -0.05) is 37.1 Å². The molecule has 1 aromatic rings. The largest absolute Gasteiger partial charge is 0.333 e. The van der Waals surface area contributed by atoms with Crippen LogP contribution < -0.4 is 5.32 Å². The molecule has 5 heteroatoms. The topological polar surface area (TPSA) is 52.7 Å². The number of rotatable bonds is 4. The summed E-state index contributed by atoms with van der Waals surface area (Å²) in [5, 5.41) is 3.00. The molecule has 1 aromatic carbocycles. The van der Waals surface area contributed by atoms with Gasteiger partial charge >= 0.3 is 6.03 Å². The summed E-state index contributed by atoms with van der Waals surface area (Å²) in [4.78, 5) is 28.8. The number of urea groups is 1. The van der Waals surface area contributed by atoms with E-state index in [1.165, 1.54) is 5.56 Å². The summed E-state index contributed by atoms with van der Waals surface area (Å²) < 4.78 is 0. The third-order valence-corrected chi connectivity index (χ3v) is 4.95. The molecule has 2 heterocycles. The molecule has 1 N–H and O–H groups in total. The lowest BCUT2D eigenvalue weighted by atomic mass is 9.91. The summed E-state index contributed by atoms with van der Waals surface area (Å²) in [5.41, 5.74) is 4.83. The highest BCUT2D eigenvalue weighted by Gasteiger charge is 2.42. The van der Waals surface area contributed by atoms with Crippen molar-refractivity contribution in [2.75, 3.05) is 20.1 Å². The van der Waals surface area contributed by atoms with Gasteiger partial charge in [-0.25, -0.2) is 4.79 Å². The van der Waals surface area contributed by atoms with Crippen LogP contribution in [0.2, 0.25) is 0 Å². The molecule has 0 unspecified atom stereocenters. The molecule has 1 atom stereocenters. The molecule has 0 aromatic heterocycles. The Morgan fingerprint density at radius 2 is 2.00 bits per heavy atom. The number of benzene rings is 1. The lowest BCUT2D eigenvalue weighted by Crippen LogP contribution is -2.45. The lowest BCUT2D eigenvalue weighted by Gasteiger charge is -2.31. The first-order valence-electron chi connectivity index (χ1n) is 8.57. The molecule has 0 saturated carbocycles. The number of nitrogens with one attached hydrogen (secondary N) is 1. The van der Waals surface area contributed by atoms with Crippen LogP contribution in [0.25, 0.3) is 0 Å². The predicted octanol–water partition coefficient (Wildman–Crippen LogP) is 2.90. The van der Waals surface area contributed by atoms with E-state index in [4.69, 9.17) is 0 Å². The van der Waals surface area contributed by atoms with Gasteiger partial charge in [-0.3, -0.25) is 9.69 Å². The Kier molecular flexibility index (Phi) is 4.35. The Morgan fingerprint density at radius 3 is 2.67 bits per heavy atom. The van der Waals surface area contributed by atoms with Crippen LogP contribution in [0.5, 0.6) is 0 Å². The van der Waals surface area contributed by atoms with Crippen molar-refractivity contribution in [1.29, 1.82) is 0 Å². The van der Waals surface area contributed by atoms with Gasteiger partial charge in [0.05, 0.1) is 23.9 Å². The first kappa shape index (κ1) is 16.6. The van der Waals surface area contributed by atoms with Gasteiger partial charge < -0.3 is 10.2 Å². The van der Waals surface area contributed by atoms with Gasteiger partial charge in [-0.2, -0.15) is 0 Å². The maximum atomic E-state index is 12.9. The second kappa shape index (κ2) is 6.30. The predicted molar refractivity (Wildman–Crippen MR) is 93.5 cm³/mol. The normalized spacial score (nSPS) is 20.6. The third kappa shape index (κ3) is 2.68. The summed E-state index contributed by atoms with van der Waals surface area (Å²) >= 11 is 0. The van der Waals surface area contributed by atoms with Gasteiger partial charge in [0, 0.05) is 13.6 Å². The van der Waals surface area contributed by atoms with E-state index >= 15 is 0 Å². The zero-order valence-electron chi connectivity index (χ0n) is 14.8. The molecule has 0 bridgehead atoms. The highest BCUT2D eigenvalue weighted by atomic mass is 16.2. The quantitative estimate of drug-likeness (QED) is 0.924. The molecule has 0 fully saturated rings. The fourth-order valence-corrected chi connectivity index (χ4v) is 3.54. The zero-order valence-corrected chi connectivity index (χ0v) is 14.8. The van der Waals surface area contributed by atoms with Crippen molar-refractivity contribution in [2.45, 2.75) is 39.7 Å². The van der Waals surface area contributed by atoms with Gasteiger partial charge in [-0.15, -0.1) is 0 Å². The zero-order chi connectivity index (χ0) is 17.4. The van der Waals surface area contributed by atoms with Crippen molar-refractivity contribution in [1.82, 2.24) is 15.1 Å². The van der Waals surface area contributed by atoms with E-state index < -0.39 is 0 Å². The van der Waals surface area contributed by atoms with Crippen LogP contribution in [-0.4, -0.2) is 41.9 Å². The molecule has 0 aliphatic carbocycles. The van der Waals surface area contributed by atoms with Crippen molar-refractivity contribution in [3.05, 3.63) is 46.2 Å². The number of aryl methyl sites for hydroxylation is 2. The van der Waals surface area contributed by atoms with E-state index in [2.05, 4.69) is 18.3 Å². The minimum Gasteiger partial charge on any atom is -0.333 e. The molecule has 2 aliphatic rings. The highest BCUT2D eigenvalue weighted by molar-refractivity contribution is 6.01. The SMILES string of the molecule is CCCCN1CC2=C(C1=O)[C@H](c1ccc(C)cc1C)NC(=O)N2C. The van der Waals surface area contributed by atoms with Crippen LogP contribution in [-0.2, 0) is 4.79 Å². The Hall–Kier alpha value is -2.30. The van der Waals surface area contributed by atoms with Gasteiger partial charge in [0.2, 0.25) is 0 Å². The molecule has 0 radical (unpaired) electrons. The van der Waals surface area contributed by atoms with Crippen LogP contribution in [0.15, 0.2) is 29.5 Å². The molecule has 3 rings (SSSR count). The molecule has 3 amide bonds. The lowest BCUT2D eigenvalue weighted by molar-refractivity contribution is -0.125. The second-order valence-corrected chi connectivity index (χ2v) is 6.74. The minimum absolute atomic E-state index is 0.0512. The number of carbonyl (C=O) groups is 2. The van der Waals surface area contributed by atoms with Gasteiger partial charge in [-0.05, 0) is 31.4 Å². The van der Waals surface area contributed by atoms with Crippen molar-refractivity contribution in [2.24, 2.45) is 0 Å². The number of unbranched alkanes of at least 4 members (excludes halogenated alkanes) is 1. The summed E-state index contributed by atoms with van der Waals surface area (Å²) in [6, 6.07) is 5.63. The maximum absolute atomic E-state index is 12.9. The van der Waals surface area contributed by atoms with Crippen LogP contribution in [0.1, 0.15) is 42.5 Å². The minimum atomic E-state index is -0.358. The number of likely N-dealkylation sites (N-methyl/N-ethyl adjacent to an activating group) is 1. The average Bonchev–Trinajstić information content (AvgIpc) is 2.87. The van der Waals surface area contributed by atoms with Gasteiger partial charge in [0.1, 0.15) is 0 Å². The Labute approximate surface area is 143 Å². The van der Waals surface area contributed by atoms with Crippen molar-refractivity contribution in [3.63, 3.8) is 0 Å². The third-order valence-electron chi connectivity index (χ3n) is 4.95. The summed E-state index contributed by atoms with van der Waals surface area (Å²) in [6.07, 6.45) is 2.02. The number of nitrogens with zero attached hydrogens (tertiary/aromatic N) is 2. The standard InChI is InChI=1S/C19H25N3O2/c1-5-6-9-22-11-15-16(18(22)23)17(20-19(24)21(15)4)14-8-7-12(2)10-13(14)3/h7-8,10,17H,5-6,9,11H2,1-4H3,(H,20,24)/t17-/m0/s1. The summed E-state index contributed by atoms with van der Waals surface area (Å²) in [7, 11) is 1.74. The first-order valence-corrected chi connectivity index (χ1v) is 8.57. The van der Waals surface area contributed by atoms with Crippen LogP contribution in [0.3, 0.4) is 0 Å². The Morgan fingerprint density at radius 1 is 1.25 bits per heavy atom. The maximum Gasteiger partial charge on any atom is 0.322 e. The van der Waals surface area contributed by atoms with Crippen molar-refractivity contribution in [3.8, 4) is 0 Å². The molecule has 2 aliphatic heterocycles. The number of hydrogen-bond acceptors (Lipinski definition) is 2. The smallest absolute Gasteiger partial charge is 0.322 e. The van der Waals surface area contributed by atoms with Crippen LogP contribution in [0.4, 0.5) is 4.79 Å². The number of carbonyl (C=O) groups excluding carboxylic acids is 2. The molecule has 0 spiro atoms. The molecular weight excluding hydrogens is 302 g/mol. The van der Waals surface area contributed by atoms with Gasteiger partial charge in [0.25, 0.3) is 5.91 Å². The molecule has 5 nitrogen and oxygen atoms in total. The van der Waals surface area contributed by atoms with Crippen LogP contribution >= 0.6 is 0 Å². The van der Waals surface area contributed by atoms with Crippen molar-refractivity contribution < 1.29 is 9.59 Å². The molecular formula is C19H25N3O2. The van der Waals surface area contributed by atoms with E-state index in [0.717, 1.165) is 41.8 Å². The number of amides is 3. The molecule has 24 heavy (non-hydrogen) atoms. The van der Waals surface area contributed by atoms with E-state index in [1.54, 1.807) is 11.9 Å². The monoisotopic (exact) mass is 327 g/mol. The van der Waals surface area contributed by atoms with Crippen LogP contribution in [0, 0.1) is 13.8 Å². The fourth-order valence-electron chi connectivity index (χ4n) is 3.54. The summed E-state index contributed by atoms with van der Waals surface area (Å²) in [5.74, 6) is 0.0512. The molecule has 128 valence electrons. The van der Waals surface area contributed by atoms with Crippen molar-refractivity contribution >= 4 is 11.9 Å². The van der Waals surface area contributed by atoms with E-state index in [-0.39, 0.29) is 18.0 Å². The fraction of sp³-hybridized carbons (Fsp3) is 0.474.